The molecule has 2 fully saturated rings. The lowest BCUT2D eigenvalue weighted by Gasteiger charge is -2.34. The summed E-state index contributed by atoms with van der Waals surface area (Å²) in [6.45, 7) is 4.67. The van der Waals surface area contributed by atoms with Gasteiger partial charge in [-0.25, -0.2) is 0 Å². The van der Waals surface area contributed by atoms with E-state index in [9.17, 15) is 0 Å². The Kier molecular flexibility index (Phi) is 5.75. The predicted molar refractivity (Wildman–Crippen MR) is 71.1 cm³/mol. The van der Waals surface area contributed by atoms with Crippen molar-refractivity contribution in [3.05, 3.63) is 0 Å². The highest BCUT2D eigenvalue weighted by molar-refractivity contribution is 4.79. The third-order valence-corrected chi connectivity index (χ3v) is 4.34. The van der Waals surface area contributed by atoms with Crippen LogP contribution < -0.4 is 5.32 Å². The average Bonchev–Trinajstić information content (AvgIpc) is 2.39. The van der Waals surface area contributed by atoms with E-state index < -0.39 is 0 Å². The standard InChI is InChI=1S/C14H28N2O/c17-10-9-16-8-4-7-14(12-16)15-11-13-5-2-1-3-6-13/h13-15,17H,1-12H2. The minimum Gasteiger partial charge on any atom is -0.395 e. The van der Waals surface area contributed by atoms with Gasteiger partial charge in [0, 0.05) is 19.1 Å². The summed E-state index contributed by atoms with van der Waals surface area (Å²) < 4.78 is 0. The molecule has 1 heterocycles. The molecule has 1 aliphatic heterocycles. The minimum atomic E-state index is 0.301. The molecule has 0 aromatic heterocycles. The highest BCUT2D eigenvalue weighted by atomic mass is 16.3. The molecule has 0 amide bonds. The zero-order valence-corrected chi connectivity index (χ0v) is 11.0. The molecule has 0 radical (unpaired) electrons. The first-order valence-corrected chi connectivity index (χ1v) is 7.45. The largest absolute Gasteiger partial charge is 0.395 e. The van der Waals surface area contributed by atoms with Gasteiger partial charge in [-0.1, -0.05) is 19.3 Å². The van der Waals surface area contributed by atoms with Gasteiger partial charge in [0.25, 0.3) is 0 Å². The van der Waals surface area contributed by atoms with Gasteiger partial charge in [0.15, 0.2) is 0 Å². The molecule has 0 aromatic carbocycles. The molecule has 1 aliphatic carbocycles. The number of hydrogen-bond acceptors (Lipinski definition) is 3. The van der Waals surface area contributed by atoms with Crippen molar-refractivity contribution < 1.29 is 5.11 Å². The zero-order valence-electron chi connectivity index (χ0n) is 11.0. The first-order valence-electron chi connectivity index (χ1n) is 7.45. The van der Waals surface area contributed by atoms with E-state index in [-0.39, 0.29) is 0 Å². The van der Waals surface area contributed by atoms with E-state index in [1.807, 2.05) is 0 Å². The van der Waals surface area contributed by atoms with Crippen LogP contribution in [0.1, 0.15) is 44.9 Å². The van der Waals surface area contributed by atoms with Crippen molar-refractivity contribution in [1.82, 2.24) is 10.2 Å². The summed E-state index contributed by atoms with van der Waals surface area (Å²) in [5.74, 6) is 0.928. The van der Waals surface area contributed by atoms with Crippen LogP contribution in [0.3, 0.4) is 0 Å². The number of rotatable bonds is 5. The summed E-state index contributed by atoms with van der Waals surface area (Å²) in [5, 5.41) is 12.7. The Bertz CT molecular complexity index is 202. The SMILES string of the molecule is OCCN1CCCC(NCC2CCCCC2)C1. The Hall–Kier alpha value is -0.120. The molecule has 0 aromatic rings. The van der Waals surface area contributed by atoms with E-state index in [4.69, 9.17) is 5.11 Å². The van der Waals surface area contributed by atoms with Crippen LogP contribution in [-0.4, -0.2) is 48.8 Å². The van der Waals surface area contributed by atoms with Crippen molar-refractivity contribution in [3.8, 4) is 0 Å². The number of aliphatic hydroxyl groups is 1. The van der Waals surface area contributed by atoms with Gasteiger partial charge in [0.05, 0.1) is 6.61 Å². The molecule has 1 unspecified atom stereocenters. The van der Waals surface area contributed by atoms with Gasteiger partial charge in [-0.3, -0.25) is 4.90 Å². The first kappa shape index (κ1) is 13.3. The maximum atomic E-state index is 8.98. The molecule has 2 rings (SSSR count). The van der Waals surface area contributed by atoms with Gasteiger partial charge in [-0.2, -0.15) is 0 Å². The van der Waals surface area contributed by atoms with E-state index in [0.29, 0.717) is 12.6 Å². The van der Waals surface area contributed by atoms with Crippen LogP contribution >= 0.6 is 0 Å². The second kappa shape index (κ2) is 7.34. The van der Waals surface area contributed by atoms with E-state index in [1.165, 1.54) is 58.0 Å². The zero-order chi connectivity index (χ0) is 11.9. The number of likely N-dealkylation sites (tertiary alicyclic amines) is 1. The van der Waals surface area contributed by atoms with E-state index >= 15 is 0 Å². The summed E-state index contributed by atoms with van der Waals surface area (Å²) >= 11 is 0. The first-order chi connectivity index (χ1) is 8.38. The summed E-state index contributed by atoms with van der Waals surface area (Å²) in [6, 6.07) is 0.664. The topological polar surface area (TPSA) is 35.5 Å². The monoisotopic (exact) mass is 240 g/mol. The average molecular weight is 240 g/mol. The summed E-state index contributed by atoms with van der Waals surface area (Å²) in [7, 11) is 0. The highest BCUT2D eigenvalue weighted by Crippen LogP contribution is 2.23. The van der Waals surface area contributed by atoms with Crippen LogP contribution in [0.25, 0.3) is 0 Å². The third kappa shape index (κ3) is 4.57. The summed E-state index contributed by atoms with van der Waals surface area (Å²) in [4.78, 5) is 2.39. The highest BCUT2D eigenvalue weighted by Gasteiger charge is 2.20. The van der Waals surface area contributed by atoms with E-state index in [0.717, 1.165) is 19.0 Å². The van der Waals surface area contributed by atoms with Crippen molar-refractivity contribution >= 4 is 0 Å². The normalized spacial score (nSPS) is 28.4. The Balaban J connectivity index is 1.64. The van der Waals surface area contributed by atoms with E-state index in [1.54, 1.807) is 0 Å². The Labute approximate surface area is 106 Å². The molecule has 2 aliphatic rings. The fourth-order valence-electron chi connectivity index (χ4n) is 3.29. The molecule has 100 valence electrons. The van der Waals surface area contributed by atoms with Gasteiger partial charge >= 0.3 is 0 Å². The summed E-state index contributed by atoms with van der Waals surface area (Å²) in [6.07, 6.45) is 9.78. The maximum Gasteiger partial charge on any atom is 0.0558 e. The lowest BCUT2D eigenvalue weighted by atomic mass is 9.89. The van der Waals surface area contributed by atoms with Crippen molar-refractivity contribution in [3.63, 3.8) is 0 Å². The Morgan fingerprint density at radius 2 is 1.88 bits per heavy atom. The molecule has 17 heavy (non-hydrogen) atoms. The molecule has 3 heteroatoms. The number of hydrogen-bond donors (Lipinski definition) is 2. The molecule has 1 saturated carbocycles. The molecule has 1 atom stereocenters. The van der Waals surface area contributed by atoms with Crippen LogP contribution in [-0.2, 0) is 0 Å². The van der Waals surface area contributed by atoms with Gasteiger partial charge < -0.3 is 10.4 Å². The maximum absolute atomic E-state index is 8.98. The minimum absolute atomic E-state index is 0.301. The predicted octanol–water partition coefficient (Wildman–Crippen LogP) is 1.61. The van der Waals surface area contributed by atoms with Crippen molar-refractivity contribution in [2.75, 3.05) is 32.8 Å². The number of piperidine rings is 1. The van der Waals surface area contributed by atoms with E-state index in [2.05, 4.69) is 10.2 Å². The molecule has 0 bridgehead atoms. The molecule has 2 N–H and O–H groups in total. The van der Waals surface area contributed by atoms with Gasteiger partial charge in [-0.15, -0.1) is 0 Å². The van der Waals surface area contributed by atoms with Gasteiger partial charge in [0.2, 0.25) is 0 Å². The van der Waals surface area contributed by atoms with Crippen LogP contribution in [0, 0.1) is 5.92 Å². The number of β-amino-alcohol motifs (C(OH)–C–C–N with tert-alkyl or cyclic N) is 1. The van der Waals surface area contributed by atoms with Crippen LogP contribution in [0.2, 0.25) is 0 Å². The van der Waals surface area contributed by atoms with Crippen molar-refractivity contribution in [2.45, 2.75) is 51.0 Å². The van der Waals surface area contributed by atoms with Crippen LogP contribution in [0.4, 0.5) is 0 Å². The number of aliphatic hydroxyl groups excluding tert-OH is 1. The van der Waals surface area contributed by atoms with Crippen LogP contribution in [0.5, 0.6) is 0 Å². The second-order valence-corrected chi connectivity index (χ2v) is 5.78. The quantitative estimate of drug-likeness (QED) is 0.766. The Morgan fingerprint density at radius 3 is 2.65 bits per heavy atom. The molecule has 3 nitrogen and oxygen atoms in total. The lowest BCUT2D eigenvalue weighted by molar-refractivity contribution is 0.148. The smallest absolute Gasteiger partial charge is 0.0558 e. The number of nitrogens with one attached hydrogen (secondary N) is 1. The number of nitrogens with zero attached hydrogens (tertiary/aromatic N) is 1. The van der Waals surface area contributed by atoms with Crippen molar-refractivity contribution in [1.29, 1.82) is 0 Å². The fourth-order valence-corrected chi connectivity index (χ4v) is 3.29. The molecule has 0 spiro atoms. The van der Waals surface area contributed by atoms with Gasteiger partial charge in [-0.05, 0) is 44.7 Å². The van der Waals surface area contributed by atoms with Gasteiger partial charge in [0.1, 0.15) is 0 Å². The lowest BCUT2D eigenvalue weighted by Crippen LogP contribution is -2.47. The fraction of sp³-hybridized carbons (Fsp3) is 1.00. The second-order valence-electron chi connectivity index (χ2n) is 5.78. The Morgan fingerprint density at radius 1 is 1.06 bits per heavy atom. The molecule has 1 saturated heterocycles. The van der Waals surface area contributed by atoms with Crippen molar-refractivity contribution in [2.24, 2.45) is 5.92 Å². The third-order valence-electron chi connectivity index (χ3n) is 4.34. The molecular formula is C14H28N2O. The van der Waals surface area contributed by atoms with Crippen LogP contribution in [0.15, 0.2) is 0 Å². The summed E-state index contributed by atoms with van der Waals surface area (Å²) in [5.41, 5.74) is 0. The molecular weight excluding hydrogens is 212 g/mol.